The van der Waals surface area contributed by atoms with Gasteiger partial charge in [-0.25, -0.2) is 4.39 Å². The van der Waals surface area contributed by atoms with Gasteiger partial charge < -0.3 is 15.4 Å². The van der Waals surface area contributed by atoms with Crippen molar-refractivity contribution in [3.8, 4) is 0 Å². The van der Waals surface area contributed by atoms with Crippen LogP contribution in [0, 0.1) is 5.82 Å². The van der Waals surface area contributed by atoms with E-state index >= 15 is 0 Å². The zero-order chi connectivity index (χ0) is 19.8. The van der Waals surface area contributed by atoms with Gasteiger partial charge >= 0.3 is 0 Å². The summed E-state index contributed by atoms with van der Waals surface area (Å²) in [5, 5.41) is 5.46. The summed E-state index contributed by atoms with van der Waals surface area (Å²) in [4.78, 5) is 30.8. The highest BCUT2D eigenvalue weighted by atomic mass is 19.1. The Morgan fingerprint density at radius 3 is 2.68 bits per heavy atom. The van der Waals surface area contributed by atoms with Crippen LogP contribution in [0.2, 0.25) is 0 Å². The van der Waals surface area contributed by atoms with Crippen molar-refractivity contribution >= 4 is 11.8 Å². The van der Waals surface area contributed by atoms with Gasteiger partial charge in [0.15, 0.2) is 0 Å². The lowest BCUT2D eigenvalue weighted by atomic mass is 10.2. The Kier molecular flexibility index (Phi) is 7.05. The molecule has 2 aromatic rings. The normalized spacial score (nSPS) is 14.5. The van der Waals surface area contributed by atoms with Crippen LogP contribution in [-0.2, 0) is 11.3 Å². The van der Waals surface area contributed by atoms with Crippen LogP contribution < -0.4 is 10.6 Å². The average molecular weight is 386 g/mol. The van der Waals surface area contributed by atoms with E-state index in [1.54, 1.807) is 24.3 Å². The lowest BCUT2D eigenvalue weighted by Gasteiger charge is -2.26. The number of morpholine rings is 1. The highest BCUT2D eigenvalue weighted by Crippen LogP contribution is 2.07. The van der Waals surface area contributed by atoms with Crippen molar-refractivity contribution in [3.05, 3.63) is 65.2 Å². The molecule has 2 N–H and O–H groups in total. The van der Waals surface area contributed by atoms with Gasteiger partial charge in [-0.1, -0.05) is 18.2 Å². The molecule has 0 atom stereocenters. The molecule has 0 aliphatic carbocycles. The molecule has 0 radical (unpaired) electrons. The molecule has 1 aromatic carbocycles. The van der Waals surface area contributed by atoms with E-state index in [0.717, 1.165) is 19.6 Å². The largest absolute Gasteiger partial charge is 0.379 e. The molecule has 0 bridgehead atoms. The number of benzene rings is 1. The van der Waals surface area contributed by atoms with Crippen LogP contribution in [0.3, 0.4) is 0 Å². The first-order chi connectivity index (χ1) is 13.6. The summed E-state index contributed by atoms with van der Waals surface area (Å²) in [6.07, 6.45) is 1.41. The summed E-state index contributed by atoms with van der Waals surface area (Å²) in [7, 11) is 0. The van der Waals surface area contributed by atoms with Gasteiger partial charge in [-0.15, -0.1) is 0 Å². The van der Waals surface area contributed by atoms with Crippen molar-refractivity contribution < 1.29 is 18.7 Å². The van der Waals surface area contributed by atoms with E-state index in [0.29, 0.717) is 30.9 Å². The molecule has 0 spiro atoms. The molecule has 1 aromatic heterocycles. The van der Waals surface area contributed by atoms with Crippen molar-refractivity contribution in [3.63, 3.8) is 0 Å². The van der Waals surface area contributed by atoms with Gasteiger partial charge in [-0.2, -0.15) is 0 Å². The van der Waals surface area contributed by atoms with Gasteiger partial charge in [0.05, 0.1) is 13.2 Å². The van der Waals surface area contributed by atoms with E-state index < -0.39 is 5.91 Å². The SMILES string of the molecule is O=C(NCCN1CCOCC1)c1ccnc(C(=O)NCc2ccccc2F)c1. The van der Waals surface area contributed by atoms with Crippen molar-refractivity contribution in [1.29, 1.82) is 0 Å². The zero-order valence-electron chi connectivity index (χ0n) is 15.5. The summed E-state index contributed by atoms with van der Waals surface area (Å²) in [5.41, 5.74) is 0.845. The first kappa shape index (κ1) is 19.9. The molecule has 148 valence electrons. The van der Waals surface area contributed by atoms with Crippen LogP contribution in [0.25, 0.3) is 0 Å². The van der Waals surface area contributed by atoms with Gasteiger partial charge in [0.25, 0.3) is 11.8 Å². The molecule has 2 amide bonds. The number of aromatic nitrogens is 1. The number of carbonyl (C=O) groups is 2. The predicted molar refractivity (Wildman–Crippen MR) is 101 cm³/mol. The number of halogens is 1. The minimum Gasteiger partial charge on any atom is -0.379 e. The van der Waals surface area contributed by atoms with E-state index in [4.69, 9.17) is 4.74 Å². The van der Waals surface area contributed by atoms with Crippen LogP contribution in [0.15, 0.2) is 42.6 Å². The zero-order valence-corrected chi connectivity index (χ0v) is 15.5. The molecule has 1 saturated heterocycles. The molecule has 2 heterocycles. The van der Waals surface area contributed by atoms with E-state index in [9.17, 15) is 14.0 Å². The fraction of sp³-hybridized carbons (Fsp3) is 0.350. The number of carbonyl (C=O) groups excluding carboxylic acids is 2. The monoisotopic (exact) mass is 386 g/mol. The standard InChI is InChI=1S/C20H23FN4O3/c21-17-4-2-1-3-16(17)14-24-20(27)18-13-15(5-6-22-18)19(26)23-7-8-25-9-11-28-12-10-25/h1-6,13H,7-12,14H2,(H,23,26)(H,24,27). The summed E-state index contributed by atoms with van der Waals surface area (Å²) >= 11 is 0. The van der Waals surface area contributed by atoms with E-state index in [1.165, 1.54) is 18.3 Å². The molecule has 28 heavy (non-hydrogen) atoms. The Labute approximate surface area is 162 Å². The Morgan fingerprint density at radius 1 is 1.11 bits per heavy atom. The third kappa shape index (κ3) is 5.58. The molecular formula is C20H23FN4O3. The maximum atomic E-state index is 13.6. The first-order valence-corrected chi connectivity index (χ1v) is 9.19. The number of hydrogen-bond donors (Lipinski definition) is 2. The molecule has 0 saturated carbocycles. The van der Waals surface area contributed by atoms with Gasteiger partial charge in [0, 0.05) is 50.0 Å². The third-order valence-corrected chi connectivity index (χ3v) is 4.47. The fourth-order valence-electron chi connectivity index (χ4n) is 2.86. The molecule has 3 rings (SSSR count). The number of rotatable bonds is 7. The molecular weight excluding hydrogens is 363 g/mol. The van der Waals surface area contributed by atoms with E-state index in [2.05, 4.69) is 20.5 Å². The molecule has 1 aliphatic heterocycles. The number of nitrogens with zero attached hydrogens (tertiary/aromatic N) is 2. The molecule has 8 heteroatoms. The van der Waals surface area contributed by atoms with Crippen LogP contribution in [0.4, 0.5) is 4.39 Å². The summed E-state index contributed by atoms with van der Waals surface area (Å²) in [5.74, 6) is -1.12. The van der Waals surface area contributed by atoms with Crippen molar-refractivity contribution in [2.45, 2.75) is 6.54 Å². The lowest BCUT2D eigenvalue weighted by Crippen LogP contribution is -2.41. The van der Waals surface area contributed by atoms with Crippen molar-refractivity contribution in [2.24, 2.45) is 0 Å². The van der Waals surface area contributed by atoms with Crippen LogP contribution >= 0.6 is 0 Å². The summed E-state index contributed by atoms with van der Waals surface area (Å²) in [6, 6.07) is 9.20. The van der Waals surface area contributed by atoms with Gasteiger partial charge in [0.2, 0.25) is 0 Å². The quantitative estimate of drug-likeness (QED) is 0.748. The smallest absolute Gasteiger partial charge is 0.270 e. The maximum absolute atomic E-state index is 13.6. The van der Waals surface area contributed by atoms with Crippen LogP contribution in [0.5, 0.6) is 0 Å². The van der Waals surface area contributed by atoms with Crippen LogP contribution in [-0.4, -0.2) is 61.1 Å². The molecule has 1 aliphatic rings. The second kappa shape index (κ2) is 9.91. The minimum absolute atomic E-state index is 0.0448. The first-order valence-electron chi connectivity index (χ1n) is 9.19. The number of ether oxygens (including phenoxy) is 1. The van der Waals surface area contributed by atoms with E-state index in [-0.39, 0.29) is 24.0 Å². The number of nitrogens with one attached hydrogen (secondary N) is 2. The highest BCUT2D eigenvalue weighted by Gasteiger charge is 2.14. The lowest BCUT2D eigenvalue weighted by molar-refractivity contribution is 0.0383. The number of pyridine rings is 1. The Bertz CT molecular complexity index is 825. The predicted octanol–water partition coefficient (Wildman–Crippen LogP) is 1.21. The average Bonchev–Trinajstić information content (AvgIpc) is 2.74. The molecule has 7 nitrogen and oxygen atoms in total. The molecule has 0 unspecified atom stereocenters. The second-order valence-electron chi connectivity index (χ2n) is 6.41. The fourth-order valence-corrected chi connectivity index (χ4v) is 2.86. The van der Waals surface area contributed by atoms with Crippen molar-refractivity contribution in [2.75, 3.05) is 39.4 Å². The van der Waals surface area contributed by atoms with Crippen LogP contribution in [0.1, 0.15) is 26.4 Å². The highest BCUT2D eigenvalue weighted by molar-refractivity contribution is 5.98. The Morgan fingerprint density at radius 2 is 1.89 bits per heavy atom. The summed E-state index contributed by atoms with van der Waals surface area (Å²) < 4.78 is 18.9. The van der Waals surface area contributed by atoms with E-state index in [1.807, 2.05) is 0 Å². The second-order valence-corrected chi connectivity index (χ2v) is 6.41. The third-order valence-electron chi connectivity index (χ3n) is 4.47. The van der Waals surface area contributed by atoms with Crippen molar-refractivity contribution in [1.82, 2.24) is 20.5 Å². The van der Waals surface area contributed by atoms with Gasteiger partial charge in [-0.3, -0.25) is 19.5 Å². The van der Waals surface area contributed by atoms with Gasteiger partial charge in [-0.05, 0) is 18.2 Å². The van der Waals surface area contributed by atoms with Gasteiger partial charge in [0.1, 0.15) is 11.5 Å². The molecule has 1 fully saturated rings. The number of amides is 2. The maximum Gasteiger partial charge on any atom is 0.270 e. The Balaban J connectivity index is 1.51. The summed E-state index contributed by atoms with van der Waals surface area (Å²) in [6.45, 7) is 4.44. The number of hydrogen-bond acceptors (Lipinski definition) is 5. The minimum atomic E-state index is -0.466. The topological polar surface area (TPSA) is 83.6 Å². The Hall–Kier alpha value is -2.84.